The van der Waals surface area contributed by atoms with Crippen molar-refractivity contribution in [3.05, 3.63) is 145 Å². The first-order valence-electron chi connectivity index (χ1n) is 14.5. The number of aryl methyl sites for hydroxylation is 2. The molecule has 0 spiro atoms. The molecule has 0 aliphatic rings. The fourth-order valence-corrected chi connectivity index (χ4v) is 5.08. The van der Waals surface area contributed by atoms with Gasteiger partial charge in [0.15, 0.2) is 0 Å². The lowest BCUT2D eigenvalue weighted by molar-refractivity contribution is 0.415. The van der Waals surface area contributed by atoms with Gasteiger partial charge in [0.1, 0.15) is 11.5 Å². The summed E-state index contributed by atoms with van der Waals surface area (Å²) in [4.78, 5) is 14.0. The smallest absolute Gasteiger partial charge is 0.119 e. The van der Waals surface area contributed by atoms with Gasteiger partial charge in [-0.05, 0) is 111 Å². The van der Waals surface area contributed by atoms with Crippen molar-refractivity contribution in [3.63, 3.8) is 0 Å². The van der Waals surface area contributed by atoms with E-state index < -0.39 is 0 Å². The quantitative estimate of drug-likeness (QED) is 0.170. The van der Waals surface area contributed by atoms with Crippen molar-refractivity contribution in [2.24, 2.45) is 0 Å². The van der Waals surface area contributed by atoms with Crippen LogP contribution in [0.25, 0.3) is 11.4 Å². The second kappa shape index (κ2) is 12.7. The predicted octanol–water partition coefficient (Wildman–Crippen LogP) is 9.72. The van der Waals surface area contributed by atoms with Gasteiger partial charge in [-0.3, -0.25) is 9.97 Å². The molecular weight excluding hydrogens is 544 g/mol. The second-order valence-electron chi connectivity index (χ2n) is 10.5. The third-order valence-electron chi connectivity index (χ3n) is 7.52. The minimum Gasteiger partial charge on any atom is -0.497 e. The highest BCUT2D eigenvalue weighted by Crippen LogP contribution is 2.37. The number of pyridine rings is 2. The van der Waals surface area contributed by atoms with Crippen LogP contribution in [0.4, 0.5) is 34.1 Å². The van der Waals surface area contributed by atoms with Crippen molar-refractivity contribution in [1.29, 1.82) is 0 Å². The minimum atomic E-state index is 0.793. The lowest BCUT2D eigenvalue weighted by atomic mass is 10.1. The molecule has 0 bridgehead atoms. The maximum absolute atomic E-state index is 5.38. The molecule has 0 atom stereocenters. The SMILES string of the molecule is COc1ccc(N(c2ccc(OC)cc2)c2ccc(-c3ccc(N(c4ccc(C)cc4)c4ccc(C)cc4)cn3)nc2)cc1. The Hall–Kier alpha value is -5.62. The molecule has 218 valence electrons. The molecule has 0 fully saturated rings. The van der Waals surface area contributed by atoms with Gasteiger partial charge in [-0.25, -0.2) is 0 Å². The zero-order valence-corrected chi connectivity index (χ0v) is 25.3. The molecule has 4 aromatic carbocycles. The van der Waals surface area contributed by atoms with Gasteiger partial charge in [0, 0.05) is 22.7 Å². The first kappa shape index (κ1) is 28.5. The maximum atomic E-state index is 5.38. The average molecular weight is 579 g/mol. The number of anilines is 6. The molecule has 6 heteroatoms. The Morgan fingerprint density at radius 2 is 0.682 bits per heavy atom. The van der Waals surface area contributed by atoms with Gasteiger partial charge < -0.3 is 19.3 Å². The molecule has 6 nitrogen and oxygen atoms in total. The summed E-state index contributed by atoms with van der Waals surface area (Å²) in [5, 5.41) is 0. The van der Waals surface area contributed by atoms with Crippen LogP contribution in [0.2, 0.25) is 0 Å². The predicted molar refractivity (Wildman–Crippen MR) is 179 cm³/mol. The molecule has 0 amide bonds. The lowest BCUT2D eigenvalue weighted by Crippen LogP contribution is -2.11. The number of aromatic nitrogens is 2. The molecule has 0 N–H and O–H groups in total. The molecule has 0 saturated heterocycles. The van der Waals surface area contributed by atoms with Gasteiger partial charge in [-0.1, -0.05) is 35.4 Å². The van der Waals surface area contributed by atoms with Crippen LogP contribution in [0.3, 0.4) is 0 Å². The van der Waals surface area contributed by atoms with E-state index in [1.165, 1.54) is 11.1 Å². The van der Waals surface area contributed by atoms with Crippen LogP contribution in [-0.4, -0.2) is 24.2 Å². The van der Waals surface area contributed by atoms with Gasteiger partial charge >= 0.3 is 0 Å². The second-order valence-corrected chi connectivity index (χ2v) is 10.5. The Morgan fingerprint density at radius 3 is 0.955 bits per heavy atom. The van der Waals surface area contributed by atoms with Gasteiger partial charge in [0.25, 0.3) is 0 Å². The summed E-state index contributed by atoms with van der Waals surface area (Å²) >= 11 is 0. The summed E-state index contributed by atoms with van der Waals surface area (Å²) in [5.74, 6) is 1.60. The van der Waals surface area contributed by atoms with Crippen molar-refractivity contribution in [3.8, 4) is 22.9 Å². The number of hydrogen-bond donors (Lipinski definition) is 0. The highest BCUT2D eigenvalue weighted by molar-refractivity contribution is 5.79. The van der Waals surface area contributed by atoms with E-state index in [1.807, 2.05) is 73.1 Å². The van der Waals surface area contributed by atoms with Gasteiger partial charge in [0.2, 0.25) is 0 Å². The number of benzene rings is 4. The molecule has 2 aromatic heterocycles. The monoisotopic (exact) mass is 578 g/mol. The topological polar surface area (TPSA) is 50.7 Å². The lowest BCUT2D eigenvalue weighted by Gasteiger charge is -2.26. The number of ether oxygens (including phenoxy) is 2. The van der Waals surface area contributed by atoms with E-state index in [-0.39, 0.29) is 0 Å². The fourth-order valence-electron chi connectivity index (χ4n) is 5.08. The summed E-state index contributed by atoms with van der Waals surface area (Å²) in [6, 6.07) is 41.2. The molecule has 6 rings (SSSR count). The van der Waals surface area contributed by atoms with E-state index in [2.05, 4.69) is 84.3 Å². The summed E-state index contributed by atoms with van der Waals surface area (Å²) in [7, 11) is 3.34. The van der Waals surface area contributed by atoms with Crippen LogP contribution in [0.15, 0.2) is 134 Å². The van der Waals surface area contributed by atoms with Crippen molar-refractivity contribution in [1.82, 2.24) is 9.97 Å². The number of methoxy groups -OCH3 is 2. The molecular formula is C38H34N4O2. The Kier molecular flexibility index (Phi) is 8.23. The normalized spacial score (nSPS) is 10.7. The van der Waals surface area contributed by atoms with E-state index in [1.54, 1.807) is 14.2 Å². The maximum Gasteiger partial charge on any atom is 0.119 e. The first-order valence-corrected chi connectivity index (χ1v) is 14.5. The van der Waals surface area contributed by atoms with Crippen LogP contribution < -0.4 is 19.3 Å². The highest BCUT2D eigenvalue weighted by atomic mass is 16.5. The zero-order valence-electron chi connectivity index (χ0n) is 25.3. The van der Waals surface area contributed by atoms with Crippen molar-refractivity contribution in [2.75, 3.05) is 24.0 Å². The summed E-state index contributed by atoms with van der Waals surface area (Å²) in [6.07, 6.45) is 3.79. The molecule has 6 aromatic rings. The Labute approximate surface area is 258 Å². The van der Waals surface area contributed by atoms with Crippen LogP contribution in [-0.2, 0) is 0 Å². The fraction of sp³-hybridized carbons (Fsp3) is 0.105. The van der Waals surface area contributed by atoms with E-state index >= 15 is 0 Å². The molecule has 0 aliphatic heterocycles. The van der Waals surface area contributed by atoms with E-state index in [0.29, 0.717) is 0 Å². The van der Waals surface area contributed by atoms with Gasteiger partial charge in [-0.15, -0.1) is 0 Å². The summed E-state index contributed by atoms with van der Waals surface area (Å²) in [6.45, 7) is 4.20. The van der Waals surface area contributed by atoms with E-state index in [9.17, 15) is 0 Å². The van der Waals surface area contributed by atoms with Crippen LogP contribution >= 0.6 is 0 Å². The van der Waals surface area contributed by atoms with E-state index in [4.69, 9.17) is 19.4 Å². The molecule has 0 radical (unpaired) electrons. The Bertz CT molecular complexity index is 1710. The largest absolute Gasteiger partial charge is 0.497 e. The average Bonchev–Trinajstić information content (AvgIpc) is 3.08. The minimum absolute atomic E-state index is 0.793. The summed E-state index contributed by atoms with van der Waals surface area (Å²) in [5.41, 5.74) is 10.1. The van der Waals surface area contributed by atoms with Crippen molar-refractivity contribution in [2.45, 2.75) is 13.8 Å². The third-order valence-corrected chi connectivity index (χ3v) is 7.52. The number of nitrogens with zero attached hydrogens (tertiary/aromatic N) is 4. The highest BCUT2D eigenvalue weighted by Gasteiger charge is 2.16. The molecule has 0 saturated carbocycles. The standard InChI is InChI=1S/C38H34N4O2/c1-27-5-9-29(10-6-27)41(30-11-7-28(2)8-12-30)33-17-23-37(39-25-33)38-24-18-34(26-40-38)42(31-13-19-35(43-3)20-14-31)32-15-21-36(44-4)22-16-32/h5-26H,1-4H3. The van der Waals surface area contributed by atoms with Gasteiger partial charge in [0.05, 0.1) is 49.4 Å². The Balaban J connectivity index is 1.31. The third kappa shape index (κ3) is 6.10. The molecule has 0 unspecified atom stereocenters. The van der Waals surface area contributed by atoms with Crippen LogP contribution in [0.5, 0.6) is 11.5 Å². The van der Waals surface area contributed by atoms with E-state index in [0.717, 1.165) is 57.0 Å². The molecule has 44 heavy (non-hydrogen) atoms. The van der Waals surface area contributed by atoms with Crippen molar-refractivity contribution < 1.29 is 9.47 Å². The number of rotatable bonds is 9. The molecule has 2 heterocycles. The summed E-state index contributed by atoms with van der Waals surface area (Å²) < 4.78 is 10.8. The van der Waals surface area contributed by atoms with Gasteiger partial charge in [-0.2, -0.15) is 0 Å². The van der Waals surface area contributed by atoms with Crippen molar-refractivity contribution >= 4 is 34.1 Å². The van der Waals surface area contributed by atoms with Crippen LogP contribution in [0, 0.1) is 13.8 Å². The number of hydrogen-bond acceptors (Lipinski definition) is 6. The zero-order chi connectivity index (χ0) is 30.5. The Morgan fingerprint density at radius 1 is 0.386 bits per heavy atom. The molecule has 0 aliphatic carbocycles. The van der Waals surface area contributed by atoms with Crippen LogP contribution in [0.1, 0.15) is 11.1 Å². The first-order chi connectivity index (χ1) is 21.5.